The summed E-state index contributed by atoms with van der Waals surface area (Å²) < 4.78 is 0.990. The van der Waals surface area contributed by atoms with Crippen molar-refractivity contribution in [1.82, 2.24) is 0 Å². The fraction of sp³-hybridized carbons (Fsp3) is 0.455. The minimum absolute atomic E-state index is 0.990. The molecule has 1 rings (SSSR count). The van der Waals surface area contributed by atoms with Gasteiger partial charge < -0.3 is 14.7 Å². The van der Waals surface area contributed by atoms with Crippen molar-refractivity contribution in [2.75, 3.05) is 27.9 Å². The summed E-state index contributed by atoms with van der Waals surface area (Å²) in [5.74, 6) is 0. The Kier molecular flexibility index (Phi) is 6.12. The average molecular weight is 197 g/mol. The van der Waals surface area contributed by atoms with Gasteiger partial charge in [0.2, 0.25) is 0 Å². The van der Waals surface area contributed by atoms with Crippen molar-refractivity contribution in [1.29, 1.82) is 0 Å². The molecule has 0 saturated carbocycles. The smallest absolute Gasteiger partial charge is 0.104 e. The molecule has 0 heterocycles. The van der Waals surface area contributed by atoms with Gasteiger partial charge in [-0.25, -0.2) is 0 Å². The van der Waals surface area contributed by atoms with Gasteiger partial charge in [-0.1, -0.05) is 30.3 Å². The maximum Gasteiger partial charge on any atom is 0.104 e. The van der Waals surface area contributed by atoms with Crippen LogP contribution in [-0.4, -0.2) is 37.5 Å². The summed E-state index contributed by atoms with van der Waals surface area (Å²) in [6.45, 7) is 0.0981. The van der Waals surface area contributed by atoms with E-state index in [1.165, 1.54) is 5.56 Å². The highest BCUT2D eigenvalue weighted by Gasteiger charge is 2.06. The van der Waals surface area contributed by atoms with Gasteiger partial charge >= 0.3 is 0 Å². The second-order valence-corrected chi connectivity index (χ2v) is 4.06. The van der Waals surface area contributed by atoms with Crippen LogP contribution in [0.3, 0.4) is 0 Å². The SMILES string of the molecule is C[N+](C)(C)Cc1ccccc1.[O-]CO. The van der Waals surface area contributed by atoms with Crippen LogP contribution < -0.4 is 5.11 Å². The van der Waals surface area contributed by atoms with Gasteiger partial charge in [0.1, 0.15) is 6.54 Å². The van der Waals surface area contributed by atoms with Crippen LogP contribution in [0.2, 0.25) is 0 Å². The third-order valence-electron chi connectivity index (χ3n) is 1.50. The van der Waals surface area contributed by atoms with Crippen LogP contribution in [0.15, 0.2) is 30.3 Å². The van der Waals surface area contributed by atoms with Crippen molar-refractivity contribution in [3.05, 3.63) is 35.9 Å². The van der Waals surface area contributed by atoms with Gasteiger partial charge in [-0.3, -0.25) is 0 Å². The maximum absolute atomic E-state index is 8.49. The van der Waals surface area contributed by atoms with E-state index in [0.717, 1.165) is 11.0 Å². The monoisotopic (exact) mass is 197 g/mol. The summed E-state index contributed by atoms with van der Waals surface area (Å²) in [5.41, 5.74) is 1.40. The molecular formula is C11H19NO2. The summed E-state index contributed by atoms with van der Waals surface area (Å²) in [5, 5.41) is 15.5. The van der Waals surface area contributed by atoms with Crippen molar-refractivity contribution >= 4 is 0 Å². The molecule has 0 saturated heterocycles. The van der Waals surface area contributed by atoms with Crippen molar-refractivity contribution < 1.29 is 14.7 Å². The molecule has 0 radical (unpaired) electrons. The first-order chi connectivity index (χ1) is 6.49. The Morgan fingerprint density at radius 3 is 1.93 bits per heavy atom. The molecule has 0 spiro atoms. The van der Waals surface area contributed by atoms with Crippen molar-refractivity contribution in [3.8, 4) is 0 Å². The van der Waals surface area contributed by atoms with E-state index in [1.54, 1.807) is 0 Å². The van der Waals surface area contributed by atoms with E-state index >= 15 is 0 Å². The number of nitrogens with zero attached hydrogens (tertiary/aromatic N) is 1. The molecule has 0 aliphatic heterocycles. The van der Waals surface area contributed by atoms with E-state index in [1.807, 2.05) is 0 Å². The predicted molar refractivity (Wildman–Crippen MR) is 55.3 cm³/mol. The van der Waals surface area contributed by atoms with E-state index in [-0.39, 0.29) is 0 Å². The van der Waals surface area contributed by atoms with E-state index in [0.29, 0.717) is 0 Å². The van der Waals surface area contributed by atoms with E-state index < -0.39 is 6.79 Å². The summed E-state index contributed by atoms with van der Waals surface area (Å²) in [7, 11) is 6.60. The Balaban J connectivity index is 0.000000500. The van der Waals surface area contributed by atoms with Crippen LogP contribution in [0.1, 0.15) is 5.56 Å². The van der Waals surface area contributed by atoms with Crippen LogP contribution in [0.5, 0.6) is 0 Å². The zero-order valence-electron chi connectivity index (χ0n) is 9.10. The summed E-state index contributed by atoms with van der Waals surface area (Å²) >= 11 is 0. The molecule has 1 aromatic carbocycles. The van der Waals surface area contributed by atoms with Crippen molar-refractivity contribution in [3.63, 3.8) is 0 Å². The summed E-state index contributed by atoms with van der Waals surface area (Å²) in [6, 6.07) is 10.6. The molecule has 3 nitrogen and oxygen atoms in total. The van der Waals surface area contributed by atoms with Crippen molar-refractivity contribution in [2.45, 2.75) is 6.54 Å². The van der Waals surface area contributed by atoms with E-state index in [9.17, 15) is 0 Å². The quantitative estimate of drug-likeness (QED) is 0.543. The summed E-state index contributed by atoms with van der Waals surface area (Å²) in [6.07, 6.45) is 0. The maximum atomic E-state index is 8.49. The lowest BCUT2D eigenvalue weighted by molar-refractivity contribution is -0.884. The normalized spacial score (nSPS) is 10.4. The molecule has 80 valence electrons. The fourth-order valence-electron chi connectivity index (χ4n) is 1.13. The van der Waals surface area contributed by atoms with Crippen molar-refractivity contribution in [2.24, 2.45) is 0 Å². The average Bonchev–Trinajstić information content (AvgIpc) is 2.04. The molecule has 0 unspecified atom stereocenters. The van der Waals surface area contributed by atoms with Crippen LogP contribution in [0.25, 0.3) is 0 Å². The van der Waals surface area contributed by atoms with Gasteiger partial charge in [0.25, 0.3) is 0 Å². The standard InChI is InChI=1S/C10H16N.CH3O2/c1-11(2,3)9-10-7-5-4-6-8-10;2-1-3/h4-8H,9H2,1-3H3;2H,1H2/q+1;-1. The number of hydrogen-bond donors (Lipinski definition) is 1. The molecule has 0 amide bonds. The predicted octanol–water partition coefficient (Wildman–Crippen LogP) is 0.189. The molecule has 0 fully saturated rings. The molecule has 14 heavy (non-hydrogen) atoms. The molecular weight excluding hydrogens is 178 g/mol. The lowest BCUT2D eigenvalue weighted by Crippen LogP contribution is -2.33. The minimum Gasteiger partial charge on any atom is -0.834 e. The van der Waals surface area contributed by atoms with E-state index in [4.69, 9.17) is 10.2 Å². The second-order valence-electron chi connectivity index (χ2n) is 4.06. The van der Waals surface area contributed by atoms with Crippen LogP contribution in [0, 0.1) is 0 Å². The minimum atomic E-state index is -1.00. The number of quaternary nitrogens is 1. The van der Waals surface area contributed by atoms with Crippen LogP contribution in [0.4, 0.5) is 0 Å². The highest BCUT2D eigenvalue weighted by Crippen LogP contribution is 2.04. The highest BCUT2D eigenvalue weighted by molar-refractivity contribution is 5.13. The summed E-state index contributed by atoms with van der Waals surface area (Å²) in [4.78, 5) is 0. The Morgan fingerprint density at radius 1 is 1.14 bits per heavy atom. The third-order valence-corrected chi connectivity index (χ3v) is 1.50. The molecule has 1 N–H and O–H groups in total. The molecule has 0 bridgehead atoms. The fourth-order valence-corrected chi connectivity index (χ4v) is 1.13. The lowest BCUT2D eigenvalue weighted by atomic mass is 10.2. The number of rotatable bonds is 2. The van der Waals surface area contributed by atoms with Crippen LogP contribution in [-0.2, 0) is 6.54 Å². The first-order valence-electron chi connectivity index (χ1n) is 4.53. The number of aliphatic hydroxyl groups excluding tert-OH is 1. The Morgan fingerprint density at radius 2 is 1.57 bits per heavy atom. The second kappa shape index (κ2) is 6.54. The number of benzene rings is 1. The molecule has 0 aromatic heterocycles. The largest absolute Gasteiger partial charge is 0.834 e. The van der Waals surface area contributed by atoms with Gasteiger partial charge in [0, 0.05) is 5.56 Å². The molecule has 1 aromatic rings. The molecule has 0 aliphatic carbocycles. The van der Waals surface area contributed by atoms with Gasteiger partial charge in [0.15, 0.2) is 0 Å². The highest BCUT2D eigenvalue weighted by atomic mass is 16.5. The Labute approximate surface area is 85.8 Å². The molecule has 3 heteroatoms. The van der Waals surface area contributed by atoms with E-state index in [2.05, 4.69) is 51.5 Å². The van der Waals surface area contributed by atoms with Gasteiger partial charge in [-0.2, -0.15) is 0 Å². The molecule has 0 aliphatic rings. The van der Waals surface area contributed by atoms with Gasteiger partial charge in [-0.15, -0.1) is 0 Å². The Bertz CT molecular complexity index is 229. The zero-order valence-corrected chi connectivity index (χ0v) is 9.10. The number of hydrogen-bond acceptors (Lipinski definition) is 2. The third kappa shape index (κ3) is 7.73. The topological polar surface area (TPSA) is 43.3 Å². The van der Waals surface area contributed by atoms with Crippen LogP contribution >= 0.6 is 0 Å². The first-order valence-corrected chi connectivity index (χ1v) is 4.53. The zero-order chi connectivity index (χ0) is 11.0. The van der Waals surface area contributed by atoms with Gasteiger partial charge in [-0.05, 0) is 6.79 Å². The van der Waals surface area contributed by atoms with Gasteiger partial charge in [0.05, 0.1) is 21.1 Å². The number of aliphatic hydroxyl groups is 1. The molecule has 0 atom stereocenters. The Hall–Kier alpha value is -0.900. The first kappa shape index (κ1) is 13.1. The lowest BCUT2D eigenvalue weighted by Gasteiger charge is -2.23.